The van der Waals surface area contributed by atoms with Crippen molar-refractivity contribution in [2.24, 2.45) is 5.92 Å². The summed E-state index contributed by atoms with van der Waals surface area (Å²) in [5, 5.41) is 3.76. The van der Waals surface area contributed by atoms with Gasteiger partial charge in [-0.2, -0.15) is 0 Å². The molecule has 2 N–H and O–H groups in total. The minimum Gasteiger partial charge on any atom is -0.342 e. The summed E-state index contributed by atoms with van der Waals surface area (Å²) < 4.78 is 26.5. The summed E-state index contributed by atoms with van der Waals surface area (Å²) >= 11 is 0. The van der Waals surface area contributed by atoms with E-state index >= 15 is 0 Å². The summed E-state index contributed by atoms with van der Waals surface area (Å²) in [7, 11) is -2.29. The van der Waals surface area contributed by atoms with Gasteiger partial charge in [0.2, 0.25) is 5.91 Å². The zero-order valence-corrected chi connectivity index (χ0v) is 17.5. The number of sulfonamides is 1. The van der Waals surface area contributed by atoms with Gasteiger partial charge in [-0.25, -0.2) is 17.9 Å². The van der Waals surface area contributed by atoms with Crippen molar-refractivity contribution in [2.75, 3.05) is 18.9 Å². The number of nitrogens with one attached hydrogen (secondary N) is 2. The lowest BCUT2D eigenvalue weighted by molar-refractivity contribution is -0.130. The van der Waals surface area contributed by atoms with E-state index in [1.165, 1.54) is 22.1 Å². The van der Waals surface area contributed by atoms with Gasteiger partial charge < -0.3 is 10.2 Å². The predicted molar refractivity (Wildman–Crippen MR) is 111 cm³/mol. The Balaban J connectivity index is 1.39. The zero-order valence-electron chi connectivity index (χ0n) is 16.7. The maximum atomic E-state index is 12.4. The first kappa shape index (κ1) is 19.9. The third-order valence-corrected chi connectivity index (χ3v) is 6.92. The Morgan fingerprint density at radius 1 is 1.10 bits per heavy atom. The molecule has 3 amide bonds. The van der Waals surface area contributed by atoms with Crippen LogP contribution in [-0.4, -0.2) is 38.8 Å². The first-order valence-corrected chi connectivity index (χ1v) is 11.8. The normalized spacial score (nSPS) is 17.8. The molecule has 3 aliphatic carbocycles. The van der Waals surface area contributed by atoms with Crippen LogP contribution in [-0.2, 0) is 40.5 Å². The van der Waals surface area contributed by atoms with E-state index in [-0.39, 0.29) is 18.4 Å². The first-order valence-electron chi connectivity index (χ1n) is 10.3. The number of carbonyl (C=O) groups is 2. The van der Waals surface area contributed by atoms with Crippen LogP contribution in [0.2, 0.25) is 0 Å². The van der Waals surface area contributed by atoms with Crippen LogP contribution in [0.15, 0.2) is 17.6 Å². The molecule has 0 unspecified atom stereocenters. The number of fused-ring (bicyclic) bond motifs is 2. The number of likely N-dealkylation sites (N-methyl/N-ethyl adjacent to an activating group) is 1. The van der Waals surface area contributed by atoms with Crippen molar-refractivity contribution in [3.8, 4) is 0 Å². The van der Waals surface area contributed by atoms with Gasteiger partial charge in [0.1, 0.15) is 0 Å². The van der Waals surface area contributed by atoms with E-state index in [9.17, 15) is 18.0 Å². The highest BCUT2D eigenvalue weighted by Gasteiger charge is 2.31. The van der Waals surface area contributed by atoms with E-state index in [4.69, 9.17) is 0 Å². The number of carbonyl (C=O) groups excluding carboxylic acids is 2. The maximum absolute atomic E-state index is 12.4. The van der Waals surface area contributed by atoms with Gasteiger partial charge in [0.15, 0.2) is 0 Å². The Hall–Kier alpha value is -2.35. The van der Waals surface area contributed by atoms with Crippen LogP contribution in [0.5, 0.6) is 0 Å². The smallest absolute Gasteiger partial charge is 0.333 e. The van der Waals surface area contributed by atoms with Gasteiger partial charge in [-0.05, 0) is 73.6 Å². The molecule has 4 rings (SSSR count). The number of nitrogens with zero attached hydrogens (tertiary/aromatic N) is 1. The highest BCUT2D eigenvalue weighted by atomic mass is 32.2. The SMILES string of the molecule is CN(C/C=C/S(=O)(=O)NC(=O)Nc1c2c(cc3c1CCC3)CCC2)C(=O)C1CC1. The van der Waals surface area contributed by atoms with E-state index in [1.807, 2.05) is 0 Å². The minimum atomic E-state index is -3.94. The minimum absolute atomic E-state index is 0.0320. The molecule has 29 heavy (non-hydrogen) atoms. The van der Waals surface area contributed by atoms with E-state index in [0.717, 1.165) is 73.6 Å². The van der Waals surface area contributed by atoms with Gasteiger partial charge in [-0.15, -0.1) is 0 Å². The molecule has 1 fully saturated rings. The average Bonchev–Trinajstić information content (AvgIpc) is 3.21. The fraction of sp³-hybridized carbons (Fsp3) is 0.524. The Bertz CT molecular complexity index is 948. The molecule has 0 saturated heterocycles. The molecule has 8 heteroatoms. The third kappa shape index (κ3) is 4.47. The van der Waals surface area contributed by atoms with E-state index < -0.39 is 16.1 Å². The standard InChI is InChI=1S/C21H27N3O4S/c1-24(20(25)14-9-10-14)11-4-12-29(27,28)23-21(26)22-19-17-7-2-5-15(17)13-16-6-3-8-18(16)19/h4,12-14H,2-3,5-11H2,1H3,(H2,22,23,26)/b12-4+. The lowest BCUT2D eigenvalue weighted by Gasteiger charge is -2.16. The van der Waals surface area contributed by atoms with Gasteiger partial charge in [0.05, 0.1) is 0 Å². The molecule has 0 bridgehead atoms. The lowest BCUT2D eigenvalue weighted by Crippen LogP contribution is -2.34. The number of amides is 3. The van der Waals surface area contributed by atoms with Crippen LogP contribution in [0, 0.1) is 5.92 Å². The summed E-state index contributed by atoms with van der Waals surface area (Å²) in [4.78, 5) is 25.8. The van der Waals surface area contributed by atoms with Crippen LogP contribution >= 0.6 is 0 Å². The fourth-order valence-corrected chi connectivity index (χ4v) is 5.05. The predicted octanol–water partition coefficient (Wildman–Crippen LogP) is 2.50. The van der Waals surface area contributed by atoms with Crippen LogP contribution in [0.4, 0.5) is 10.5 Å². The Labute approximate surface area is 171 Å². The second-order valence-corrected chi connectivity index (χ2v) is 9.77. The molecule has 7 nitrogen and oxygen atoms in total. The number of anilines is 1. The monoisotopic (exact) mass is 417 g/mol. The third-order valence-electron chi connectivity index (χ3n) is 5.90. The topological polar surface area (TPSA) is 95.6 Å². The van der Waals surface area contributed by atoms with Gasteiger partial charge >= 0.3 is 6.03 Å². The summed E-state index contributed by atoms with van der Waals surface area (Å²) in [6, 6.07) is 1.51. The molecule has 156 valence electrons. The zero-order chi connectivity index (χ0) is 20.6. The fourth-order valence-electron chi connectivity index (χ4n) is 4.33. The Morgan fingerprint density at radius 2 is 1.72 bits per heavy atom. The van der Waals surface area contributed by atoms with E-state index in [0.29, 0.717) is 0 Å². The van der Waals surface area contributed by atoms with Crippen LogP contribution in [0.3, 0.4) is 0 Å². The second kappa shape index (κ2) is 7.82. The molecule has 3 aliphatic rings. The highest BCUT2D eigenvalue weighted by Crippen LogP contribution is 2.38. The molecular weight excluding hydrogens is 390 g/mol. The number of aryl methyl sites for hydroxylation is 2. The van der Waals surface area contributed by atoms with Gasteiger partial charge in [0.25, 0.3) is 10.0 Å². The Morgan fingerprint density at radius 3 is 2.31 bits per heavy atom. The molecule has 0 radical (unpaired) electrons. The van der Waals surface area contributed by atoms with Crippen LogP contribution in [0.25, 0.3) is 0 Å². The van der Waals surface area contributed by atoms with E-state index in [1.54, 1.807) is 7.05 Å². The van der Waals surface area contributed by atoms with Crippen molar-refractivity contribution in [3.63, 3.8) is 0 Å². The molecule has 0 atom stereocenters. The maximum Gasteiger partial charge on any atom is 0.333 e. The van der Waals surface area contributed by atoms with Crippen molar-refractivity contribution in [3.05, 3.63) is 39.8 Å². The van der Waals surface area contributed by atoms with E-state index in [2.05, 4.69) is 16.1 Å². The number of benzene rings is 1. The molecule has 0 aromatic heterocycles. The van der Waals surface area contributed by atoms with Gasteiger partial charge in [0, 0.05) is 30.6 Å². The summed E-state index contributed by atoms with van der Waals surface area (Å²) in [5.74, 6) is 0.118. The van der Waals surface area contributed by atoms with Gasteiger partial charge in [-0.3, -0.25) is 4.79 Å². The molecule has 1 aromatic carbocycles. The van der Waals surface area contributed by atoms with Crippen LogP contribution < -0.4 is 10.0 Å². The van der Waals surface area contributed by atoms with Crippen molar-refractivity contribution in [2.45, 2.75) is 51.4 Å². The number of hydrogen-bond donors (Lipinski definition) is 2. The quantitative estimate of drug-likeness (QED) is 0.743. The number of hydrogen-bond acceptors (Lipinski definition) is 4. The largest absolute Gasteiger partial charge is 0.342 e. The lowest BCUT2D eigenvalue weighted by atomic mass is 9.99. The van der Waals surface area contributed by atoms with Crippen molar-refractivity contribution >= 4 is 27.6 Å². The first-order chi connectivity index (χ1) is 13.8. The molecule has 0 heterocycles. The number of urea groups is 1. The number of rotatable bonds is 6. The summed E-state index contributed by atoms with van der Waals surface area (Å²) in [6.07, 6.45) is 9.14. The molecule has 1 aromatic rings. The molecule has 1 saturated carbocycles. The molecule has 0 aliphatic heterocycles. The van der Waals surface area contributed by atoms with Crippen LogP contribution in [0.1, 0.15) is 47.9 Å². The molecule has 0 spiro atoms. The van der Waals surface area contributed by atoms with Crippen molar-refractivity contribution in [1.82, 2.24) is 9.62 Å². The summed E-state index contributed by atoms with van der Waals surface area (Å²) in [5.41, 5.74) is 5.64. The second-order valence-electron chi connectivity index (χ2n) is 8.20. The molecular formula is C21H27N3O4S. The highest BCUT2D eigenvalue weighted by molar-refractivity contribution is 7.92. The van der Waals surface area contributed by atoms with Crippen molar-refractivity contribution < 1.29 is 18.0 Å². The van der Waals surface area contributed by atoms with Gasteiger partial charge in [-0.1, -0.05) is 12.1 Å². The Kier molecular flexibility index (Phi) is 5.38. The van der Waals surface area contributed by atoms with Crippen molar-refractivity contribution in [1.29, 1.82) is 0 Å². The average molecular weight is 418 g/mol. The summed E-state index contributed by atoms with van der Waals surface area (Å²) in [6.45, 7) is 0.192.